The summed E-state index contributed by atoms with van der Waals surface area (Å²) in [6, 6.07) is 10.9. The van der Waals surface area contributed by atoms with Gasteiger partial charge in [0.2, 0.25) is 0 Å². The fourth-order valence-corrected chi connectivity index (χ4v) is 2.80. The summed E-state index contributed by atoms with van der Waals surface area (Å²) in [5, 5.41) is 4.24. The Hall–Kier alpha value is -1.65. The van der Waals surface area contributed by atoms with Crippen LogP contribution in [-0.2, 0) is 24.8 Å². The quantitative estimate of drug-likeness (QED) is 0.865. The number of ether oxygens (including phenoxy) is 1. The van der Waals surface area contributed by atoms with E-state index in [9.17, 15) is 0 Å². The first kappa shape index (κ1) is 14.3. The van der Waals surface area contributed by atoms with E-state index < -0.39 is 0 Å². The second-order valence-electron chi connectivity index (χ2n) is 5.64. The lowest BCUT2D eigenvalue weighted by Gasteiger charge is -2.33. The van der Waals surface area contributed by atoms with Crippen LogP contribution in [0.15, 0.2) is 36.5 Å². The number of rotatable bonds is 4. The van der Waals surface area contributed by atoms with Crippen LogP contribution >= 0.6 is 0 Å². The Bertz CT molecular complexity index is 576. The summed E-state index contributed by atoms with van der Waals surface area (Å²) < 4.78 is 7.90. The summed E-state index contributed by atoms with van der Waals surface area (Å²) in [5.74, 6) is 0. The summed E-state index contributed by atoms with van der Waals surface area (Å²) in [5.41, 5.74) is 3.90. The van der Waals surface area contributed by atoms with Gasteiger partial charge in [-0.25, -0.2) is 0 Å². The van der Waals surface area contributed by atoms with E-state index in [1.54, 1.807) is 0 Å². The molecule has 0 amide bonds. The van der Waals surface area contributed by atoms with E-state index in [0.717, 1.165) is 32.7 Å². The van der Waals surface area contributed by atoms with Crippen molar-refractivity contribution in [2.24, 2.45) is 7.05 Å². The fraction of sp³-hybridized carbons (Fsp3) is 0.471. The molecule has 1 aromatic carbocycles. The van der Waals surface area contributed by atoms with Gasteiger partial charge in [-0.05, 0) is 23.6 Å². The third-order valence-corrected chi connectivity index (χ3v) is 4.22. The van der Waals surface area contributed by atoms with Gasteiger partial charge in [-0.15, -0.1) is 0 Å². The minimum absolute atomic E-state index is 0.179. The molecule has 0 aliphatic carbocycles. The molecular formula is C17H23N3O. The Kier molecular flexibility index (Phi) is 4.36. The molecule has 2 heterocycles. The molecule has 0 N–H and O–H groups in total. The monoisotopic (exact) mass is 285 g/mol. The molecule has 21 heavy (non-hydrogen) atoms. The fourth-order valence-electron chi connectivity index (χ4n) is 2.80. The topological polar surface area (TPSA) is 30.3 Å². The normalized spacial score (nSPS) is 19.8. The second-order valence-corrected chi connectivity index (χ2v) is 5.64. The van der Waals surface area contributed by atoms with Crippen LogP contribution in [0.25, 0.3) is 0 Å². The summed E-state index contributed by atoms with van der Waals surface area (Å²) in [6.45, 7) is 5.83. The maximum Gasteiger partial charge on any atom is 0.0952 e. The van der Waals surface area contributed by atoms with Crippen LogP contribution in [0.2, 0.25) is 0 Å². The van der Waals surface area contributed by atoms with E-state index in [4.69, 9.17) is 4.74 Å². The highest BCUT2D eigenvalue weighted by atomic mass is 16.5. The molecule has 0 spiro atoms. The zero-order valence-electron chi connectivity index (χ0n) is 12.8. The SMILES string of the molecule is CCc1ccc([C@H]2CN(Cc3ccnn3C)CCO2)cc1. The van der Waals surface area contributed by atoms with Gasteiger partial charge in [-0.1, -0.05) is 31.2 Å². The molecule has 1 fully saturated rings. The first-order chi connectivity index (χ1) is 10.3. The lowest BCUT2D eigenvalue weighted by Crippen LogP contribution is -2.38. The maximum absolute atomic E-state index is 5.95. The van der Waals surface area contributed by atoms with Gasteiger partial charge in [0, 0.05) is 32.9 Å². The van der Waals surface area contributed by atoms with Gasteiger partial charge in [0.05, 0.1) is 18.4 Å². The van der Waals surface area contributed by atoms with Crippen molar-refractivity contribution in [1.82, 2.24) is 14.7 Å². The van der Waals surface area contributed by atoms with Crippen molar-refractivity contribution < 1.29 is 4.74 Å². The van der Waals surface area contributed by atoms with Crippen molar-refractivity contribution in [1.29, 1.82) is 0 Å². The third kappa shape index (κ3) is 3.34. The molecule has 1 aliphatic rings. The van der Waals surface area contributed by atoms with Crippen molar-refractivity contribution in [3.05, 3.63) is 53.3 Å². The minimum Gasteiger partial charge on any atom is -0.371 e. The van der Waals surface area contributed by atoms with Crippen LogP contribution < -0.4 is 0 Å². The predicted octanol–water partition coefficient (Wildman–Crippen LogP) is 2.56. The van der Waals surface area contributed by atoms with Gasteiger partial charge in [-0.3, -0.25) is 9.58 Å². The van der Waals surface area contributed by atoms with E-state index in [1.165, 1.54) is 16.8 Å². The standard InChI is InChI=1S/C17H23N3O/c1-3-14-4-6-15(7-5-14)17-13-20(10-11-21-17)12-16-8-9-18-19(16)2/h4-9,17H,3,10-13H2,1-2H3/t17-/m1/s1. The number of morpholine rings is 1. The van der Waals surface area contributed by atoms with Crippen molar-refractivity contribution in [2.45, 2.75) is 26.0 Å². The van der Waals surface area contributed by atoms with Crippen LogP contribution in [0.3, 0.4) is 0 Å². The first-order valence-electron chi connectivity index (χ1n) is 7.66. The van der Waals surface area contributed by atoms with E-state index in [2.05, 4.69) is 47.3 Å². The summed E-state index contributed by atoms with van der Waals surface area (Å²) >= 11 is 0. The summed E-state index contributed by atoms with van der Waals surface area (Å²) in [7, 11) is 2.00. The van der Waals surface area contributed by atoms with Gasteiger partial charge in [0.15, 0.2) is 0 Å². The molecule has 4 heteroatoms. The highest BCUT2D eigenvalue weighted by Crippen LogP contribution is 2.23. The van der Waals surface area contributed by atoms with E-state index in [1.807, 2.05) is 17.9 Å². The van der Waals surface area contributed by atoms with Crippen molar-refractivity contribution in [3.63, 3.8) is 0 Å². The largest absolute Gasteiger partial charge is 0.371 e. The van der Waals surface area contributed by atoms with Gasteiger partial charge in [0.25, 0.3) is 0 Å². The van der Waals surface area contributed by atoms with E-state index in [0.29, 0.717) is 0 Å². The van der Waals surface area contributed by atoms with Crippen LogP contribution in [0, 0.1) is 0 Å². The predicted molar refractivity (Wildman–Crippen MR) is 83.0 cm³/mol. The molecule has 1 aliphatic heterocycles. The van der Waals surface area contributed by atoms with E-state index in [-0.39, 0.29) is 6.10 Å². The molecule has 112 valence electrons. The molecule has 1 saturated heterocycles. The van der Waals surface area contributed by atoms with Crippen molar-refractivity contribution in [3.8, 4) is 0 Å². The molecule has 4 nitrogen and oxygen atoms in total. The van der Waals surface area contributed by atoms with E-state index >= 15 is 0 Å². The lowest BCUT2D eigenvalue weighted by atomic mass is 10.0. The number of aromatic nitrogens is 2. The van der Waals surface area contributed by atoms with Gasteiger partial charge >= 0.3 is 0 Å². The third-order valence-electron chi connectivity index (χ3n) is 4.22. The van der Waals surface area contributed by atoms with Crippen molar-refractivity contribution in [2.75, 3.05) is 19.7 Å². The Morgan fingerprint density at radius 3 is 2.71 bits per heavy atom. The highest BCUT2D eigenvalue weighted by molar-refractivity contribution is 5.24. The lowest BCUT2D eigenvalue weighted by molar-refractivity contribution is -0.0335. The maximum atomic E-state index is 5.95. The Morgan fingerprint density at radius 1 is 1.24 bits per heavy atom. The second kappa shape index (κ2) is 6.41. The molecule has 3 rings (SSSR count). The number of hydrogen-bond donors (Lipinski definition) is 0. The molecule has 1 aromatic heterocycles. The molecular weight excluding hydrogens is 262 g/mol. The molecule has 0 bridgehead atoms. The van der Waals surface area contributed by atoms with Gasteiger partial charge in [-0.2, -0.15) is 5.10 Å². The number of aryl methyl sites for hydroxylation is 2. The van der Waals surface area contributed by atoms with Crippen LogP contribution in [0.1, 0.15) is 29.8 Å². The smallest absolute Gasteiger partial charge is 0.0952 e. The van der Waals surface area contributed by atoms with Crippen molar-refractivity contribution >= 4 is 0 Å². The van der Waals surface area contributed by atoms with Crippen LogP contribution in [0.5, 0.6) is 0 Å². The van der Waals surface area contributed by atoms with Crippen LogP contribution in [-0.4, -0.2) is 34.4 Å². The number of benzene rings is 1. The highest BCUT2D eigenvalue weighted by Gasteiger charge is 2.22. The molecule has 0 unspecified atom stereocenters. The number of nitrogens with zero attached hydrogens (tertiary/aromatic N) is 3. The zero-order valence-corrected chi connectivity index (χ0v) is 12.8. The summed E-state index contributed by atoms with van der Waals surface area (Å²) in [6.07, 6.45) is 3.12. The average molecular weight is 285 g/mol. The Labute approximate surface area is 126 Å². The van der Waals surface area contributed by atoms with Gasteiger partial charge < -0.3 is 4.74 Å². The Morgan fingerprint density at radius 2 is 2.05 bits per heavy atom. The van der Waals surface area contributed by atoms with Gasteiger partial charge in [0.1, 0.15) is 0 Å². The summed E-state index contributed by atoms with van der Waals surface area (Å²) in [4.78, 5) is 2.44. The minimum atomic E-state index is 0.179. The molecule has 2 aromatic rings. The average Bonchev–Trinajstić information content (AvgIpc) is 2.93. The molecule has 0 saturated carbocycles. The molecule has 1 atom stereocenters. The zero-order chi connectivity index (χ0) is 14.7. The first-order valence-corrected chi connectivity index (χ1v) is 7.66. The Balaban J connectivity index is 1.66. The van der Waals surface area contributed by atoms with Crippen LogP contribution in [0.4, 0.5) is 0 Å². The number of hydrogen-bond acceptors (Lipinski definition) is 3. The molecule has 0 radical (unpaired) electrons.